The van der Waals surface area contributed by atoms with E-state index in [0.29, 0.717) is 40.0 Å². The van der Waals surface area contributed by atoms with Crippen molar-refractivity contribution in [2.24, 2.45) is 0 Å². The highest BCUT2D eigenvalue weighted by Gasteiger charge is 2.25. The van der Waals surface area contributed by atoms with Gasteiger partial charge in [-0.2, -0.15) is 13.8 Å². The number of H-pyrrole nitrogens is 1. The summed E-state index contributed by atoms with van der Waals surface area (Å²) in [6.07, 6.45) is 1.63. The van der Waals surface area contributed by atoms with Crippen LogP contribution in [0.25, 0.3) is 22.2 Å². The largest absolute Gasteiger partial charge is 0.493 e. The van der Waals surface area contributed by atoms with E-state index in [1.165, 1.54) is 6.07 Å². The molecule has 0 fully saturated rings. The van der Waals surface area contributed by atoms with E-state index < -0.39 is 23.3 Å². The Kier molecular flexibility index (Phi) is 7.62. The van der Waals surface area contributed by atoms with Crippen LogP contribution in [0.2, 0.25) is 0 Å². The van der Waals surface area contributed by atoms with Gasteiger partial charge in [0, 0.05) is 28.8 Å². The van der Waals surface area contributed by atoms with E-state index >= 15 is 0 Å². The molecule has 0 radical (unpaired) electrons. The fraction of sp³-hybridized carbons (Fsp3) is 0.200. The van der Waals surface area contributed by atoms with E-state index in [2.05, 4.69) is 30.6 Å². The summed E-state index contributed by atoms with van der Waals surface area (Å²) in [5.41, 5.74) is 0.742. The number of ether oxygens (including phenoxy) is 3. The number of carbonyl (C=O) groups excluding carboxylic acids is 1. The summed E-state index contributed by atoms with van der Waals surface area (Å²) in [6.45, 7) is 5.72. The van der Waals surface area contributed by atoms with Gasteiger partial charge in [0.25, 0.3) is 0 Å². The average molecular weight is 575 g/mol. The first-order valence-corrected chi connectivity index (χ1v) is 12.9. The molecule has 3 heterocycles. The molecule has 0 spiro atoms. The van der Waals surface area contributed by atoms with Crippen LogP contribution in [0.1, 0.15) is 26.6 Å². The molecular weight excluding hydrogens is 546 g/mol. The number of hydrogen-bond donors (Lipinski definition) is 3. The van der Waals surface area contributed by atoms with E-state index in [0.717, 1.165) is 11.5 Å². The summed E-state index contributed by atoms with van der Waals surface area (Å²) in [5.74, 6) is 0.817. The van der Waals surface area contributed by atoms with Gasteiger partial charge in [0.15, 0.2) is 11.5 Å². The molecule has 0 aliphatic heterocycles. The van der Waals surface area contributed by atoms with Gasteiger partial charge in [0.1, 0.15) is 28.8 Å². The number of urea groups is 1. The van der Waals surface area contributed by atoms with Crippen molar-refractivity contribution >= 4 is 28.4 Å². The number of amides is 2. The Morgan fingerprint density at radius 3 is 2.26 bits per heavy atom. The van der Waals surface area contributed by atoms with Gasteiger partial charge in [-0.3, -0.25) is 10.3 Å². The van der Waals surface area contributed by atoms with Crippen LogP contribution in [0.3, 0.4) is 0 Å². The van der Waals surface area contributed by atoms with E-state index in [9.17, 15) is 13.6 Å². The molecule has 3 N–H and O–H groups in total. The minimum atomic E-state index is -1.04. The molecule has 0 aliphatic carbocycles. The highest BCUT2D eigenvalue weighted by atomic mass is 19.1. The molecule has 5 rings (SSSR count). The third-order valence-electron chi connectivity index (χ3n) is 6.27. The SMILES string of the molecule is COc1cc2nccc(Oc3ccc(NC(=O)Nc4[nH]c(C(C)(C)C)nc4-c4ccc(F)nc4F)cc3)c2cc1OC. The van der Waals surface area contributed by atoms with Crippen LogP contribution < -0.4 is 24.8 Å². The number of hydrogen-bond acceptors (Lipinski definition) is 7. The quantitative estimate of drug-likeness (QED) is 0.178. The second-order valence-corrected chi connectivity index (χ2v) is 10.3. The predicted octanol–water partition coefficient (Wildman–Crippen LogP) is 7.05. The van der Waals surface area contributed by atoms with Gasteiger partial charge in [-0.05, 0) is 48.5 Å². The number of aromatic amines is 1. The van der Waals surface area contributed by atoms with Gasteiger partial charge in [-0.15, -0.1) is 0 Å². The third kappa shape index (κ3) is 5.92. The zero-order valence-corrected chi connectivity index (χ0v) is 23.5. The second kappa shape index (κ2) is 11.3. The van der Waals surface area contributed by atoms with Crippen LogP contribution in [0, 0.1) is 11.9 Å². The number of pyridine rings is 2. The van der Waals surface area contributed by atoms with Crippen LogP contribution in [-0.4, -0.2) is 40.2 Å². The standard InChI is InChI=1S/C30H28F2N6O4/c1-30(2,3)28-36-25(18-10-11-24(31)35-26(18)32)27(37-28)38-29(39)34-16-6-8-17(9-7-16)42-21-12-13-33-20-15-23(41-5)22(40-4)14-19(20)21/h6-15H,1-5H3,(H,36,37)(H2,34,38,39). The van der Waals surface area contributed by atoms with Crippen molar-refractivity contribution < 1.29 is 27.8 Å². The lowest BCUT2D eigenvalue weighted by Gasteiger charge is -2.14. The van der Waals surface area contributed by atoms with Crippen LogP contribution >= 0.6 is 0 Å². The topological polar surface area (TPSA) is 123 Å². The van der Waals surface area contributed by atoms with Crippen LogP contribution in [0.4, 0.5) is 25.1 Å². The molecule has 0 saturated carbocycles. The lowest BCUT2D eigenvalue weighted by atomic mass is 9.96. The Hall–Kier alpha value is -5.26. The number of carbonyl (C=O) groups is 1. The number of imidazole rings is 1. The third-order valence-corrected chi connectivity index (χ3v) is 6.27. The highest BCUT2D eigenvalue weighted by Crippen LogP contribution is 2.37. The summed E-state index contributed by atoms with van der Waals surface area (Å²) in [6, 6.07) is 13.7. The number of anilines is 2. The molecule has 0 bridgehead atoms. The van der Waals surface area contributed by atoms with Gasteiger partial charge < -0.3 is 24.5 Å². The van der Waals surface area contributed by atoms with Crippen LogP contribution in [0.5, 0.6) is 23.0 Å². The number of aromatic nitrogens is 4. The monoisotopic (exact) mass is 574 g/mol. The fourth-order valence-corrected chi connectivity index (χ4v) is 4.15. The predicted molar refractivity (Wildman–Crippen MR) is 154 cm³/mol. The van der Waals surface area contributed by atoms with Gasteiger partial charge in [0.05, 0.1) is 25.3 Å². The van der Waals surface area contributed by atoms with E-state index in [4.69, 9.17) is 14.2 Å². The molecule has 3 aromatic heterocycles. The molecule has 0 unspecified atom stereocenters. The number of nitrogens with zero attached hydrogens (tertiary/aromatic N) is 3. The molecule has 5 aromatic rings. The molecular formula is C30H28F2N6O4. The smallest absolute Gasteiger partial charge is 0.324 e. The first-order valence-electron chi connectivity index (χ1n) is 12.9. The van der Waals surface area contributed by atoms with E-state index in [-0.39, 0.29) is 17.1 Å². The Morgan fingerprint density at radius 2 is 1.60 bits per heavy atom. The average Bonchev–Trinajstić information content (AvgIpc) is 3.37. The van der Waals surface area contributed by atoms with Gasteiger partial charge in [-0.1, -0.05) is 20.8 Å². The van der Waals surface area contributed by atoms with E-state index in [1.807, 2.05) is 20.8 Å². The summed E-state index contributed by atoms with van der Waals surface area (Å²) < 4.78 is 44.8. The lowest BCUT2D eigenvalue weighted by molar-refractivity contribution is 0.262. The van der Waals surface area contributed by atoms with Crippen molar-refractivity contribution in [1.29, 1.82) is 0 Å². The zero-order chi connectivity index (χ0) is 30.0. The molecule has 0 aliphatic rings. The van der Waals surface area contributed by atoms with Gasteiger partial charge >= 0.3 is 6.03 Å². The van der Waals surface area contributed by atoms with Crippen molar-refractivity contribution in [1.82, 2.24) is 19.9 Å². The van der Waals surface area contributed by atoms with Crippen molar-refractivity contribution in [3.05, 3.63) is 78.5 Å². The maximum absolute atomic E-state index is 14.5. The van der Waals surface area contributed by atoms with Crippen LogP contribution in [0.15, 0.2) is 60.8 Å². The zero-order valence-electron chi connectivity index (χ0n) is 23.5. The number of benzene rings is 2. The Balaban J connectivity index is 1.33. The Labute approximate surface area is 240 Å². The van der Waals surface area contributed by atoms with Crippen molar-refractivity contribution in [2.45, 2.75) is 26.2 Å². The highest BCUT2D eigenvalue weighted by molar-refractivity contribution is 6.01. The second-order valence-electron chi connectivity index (χ2n) is 10.3. The van der Waals surface area contributed by atoms with Crippen molar-refractivity contribution in [2.75, 3.05) is 24.9 Å². The molecule has 216 valence electrons. The van der Waals surface area contributed by atoms with Crippen LogP contribution in [-0.2, 0) is 5.41 Å². The Bertz CT molecular complexity index is 1770. The lowest BCUT2D eigenvalue weighted by Crippen LogP contribution is -2.20. The molecule has 2 aromatic carbocycles. The number of rotatable bonds is 7. The molecule has 0 saturated heterocycles. The minimum Gasteiger partial charge on any atom is -0.493 e. The van der Waals surface area contributed by atoms with Gasteiger partial charge in [0.2, 0.25) is 11.9 Å². The van der Waals surface area contributed by atoms with E-state index in [1.54, 1.807) is 62.9 Å². The first kappa shape index (κ1) is 28.3. The number of methoxy groups -OCH3 is 2. The number of halogens is 2. The molecule has 10 nitrogen and oxygen atoms in total. The summed E-state index contributed by atoms with van der Waals surface area (Å²) >= 11 is 0. The molecule has 12 heteroatoms. The first-order chi connectivity index (χ1) is 20.0. The number of nitrogens with one attached hydrogen (secondary N) is 3. The molecule has 2 amide bonds. The van der Waals surface area contributed by atoms with Gasteiger partial charge in [-0.25, -0.2) is 9.78 Å². The fourth-order valence-electron chi connectivity index (χ4n) is 4.15. The maximum atomic E-state index is 14.5. The number of fused-ring (bicyclic) bond motifs is 1. The maximum Gasteiger partial charge on any atom is 0.324 e. The minimum absolute atomic E-state index is 0.0559. The Morgan fingerprint density at radius 1 is 0.881 bits per heavy atom. The molecule has 42 heavy (non-hydrogen) atoms. The normalized spacial score (nSPS) is 11.3. The molecule has 0 atom stereocenters. The summed E-state index contributed by atoms with van der Waals surface area (Å²) in [7, 11) is 3.11. The van der Waals surface area contributed by atoms with Crippen molar-refractivity contribution in [3.63, 3.8) is 0 Å². The summed E-state index contributed by atoms with van der Waals surface area (Å²) in [4.78, 5) is 28.0. The van der Waals surface area contributed by atoms with Crippen molar-refractivity contribution in [3.8, 4) is 34.3 Å². The summed E-state index contributed by atoms with van der Waals surface area (Å²) in [5, 5.41) is 6.13.